The fourth-order valence-corrected chi connectivity index (χ4v) is 8.68. The number of hydrogen-bond donors (Lipinski definition) is 5. The number of nitrogens with two attached hydrogens (primary N) is 2. The fraction of sp³-hybridized carbons (Fsp3) is 0.906. The summed E-state index contributed by atoms with van der Waals surface area (Å²) in [5, 5.41) is 14.6. The predicted molar refractivity (Wildman–Crippen MR) is 161 cm³/mol. The number of likely N-dealkylation sites (tertiary alicyclic amines) is 1. The molecule has 2 amide bonds. The maximum Gasteiger partial charge on any atom is 0.237 e. The molecule has 9 heteroatoms. The number of rotatable bonds is 10. The van der Waals surface area contributed by atoms with Gasteiger partial charge < -0.3 is 26.8 Å². The highest BCUT2D eigenvalue weighted by atomic mass is 16.5. The smallest absolute Gasteiger partial charge is 0.237 e. The maximum absolute atomic E-state index is 13.8. The zero-order valence-corrected chi connectivity index (χ0v) is 25.2. The molecule has 0 aromatic rings. The van der Waals surface area contributed by atoms with Gasteiger partial charge in [-0.25, -0.2) is 0 Å². The Hall–Kier alpha value is -1.71. The summed E-state index contributed by atoms with van der Waals surface area (Å²) < 4.78 is 6.52. The lowest BCUT2D eigenvalue weighted by Gasteiger charge is -2.40. The molecular formula is C32H56N6O3. The molecular weight excluding hydrogens is 516 g/mol. The van der Waals surface area contributed by atoms with E-state index in [4.69, 9.17) is 21.6 Å². The Morgan fingerprint density at radius 3 is 2.12 bits per heavy atom. The molecule has 5 fully saturated rings. The molecule has 4 atom stereocenters. The van der Waals surface area contributed by atoms with Crippen molar-refractivity contribution in [3.63, 3.8) is 0 Å². The summed E-state index contributed by atoms with van der Waals surface area (Å²) >= 11 is 0. The SMILES string of the molecule is N=C(N)C1CCC2CC(C(=O)NC3CCC(NC(=O)CCN)CC3)N(CC3CCC(OC4CCCCC4)CC3)C2C1. The number of carbonyl (C=O) groups is 2. The molecule has 41 heavy (non-hydrogen) atoms. The molecule has 0 spiro atoms. The Balaban J connectivity index is 1.16. The molecule has 5 rings (SSSR count). The Bertz CT molecular complexity index is 879. The molecule has 1 aliphatic heterocycles. The lowest BCUT2D eigenvalue weighted by Crippen LogP contribution is -2.52. The highest BCUT2D eigenvalue weighted by Gasteiger charge is 2.48. The average Bonchev–Trinajstić information content (AvgIpc) is 3.33. The number of amidine groups is 1. The largest absolute Gasteiger partial charge is 0.387 e. The Kier molecular flexibility index (Phi) is 11.0. The van der Waals surface area contributed by atoms with Crippen LogP contribution in [-0.4, -0.2) is 72.0 Å². The van der Waals surface area contributed by atoms with Crippen LogP contribution in [0, 0.1) is 23.2 Å². The number of nitrogens with zero attached hydrogens (tertiary/aromatic N) is 1. The van der Waals surface area contributed by atoms with E-state index < -0.39 is 0 Å². The van der Waals surface area contributed by atoms with Gasteiger partial charge in [0.1, 0.15) is 0 Å². The van der Waals surface area contributed by atoms with Crippen LogP contribution in [0.1, 0.15) is 116 Å². The van der Waals surface area contributed by atoms with Crippen molar-refractivity contribution in [3.8, 4) is 0 Å². The number of fused-ring (bicyclic) bond motifs is 1. The van der Waals surface area contributed by atoms with E-state index in [0.717, 1.165) is 70.8 Å². The molecule has 0 aromatic heterocycles. The molecule has 1 heterocycles. The van der Waals surface area contributed by atoms with Gasteiger partial charge in [0.05, 0.1) is 24.1 Å². The van der Waals surface area contributed by atoms with Gasteiger partial charge in [-0.15, -0.1) is 0 Å². The zero-order valence-electron chi connectivity index (χ0n) is 25.2. The fourth-order valence-electron chi connectivity index (χ4n) is 8.68. The van der Waals surface area contributed by atoms with Crippen LogP contribution in [0.25, 0.3) is 0 Å². The third-order valence-electron chi connectivity index (χ3n) is 11.1. The van der Waals surface area contributed by atoms with Crippen LogP contribution in [0.5, 0.6) is 0 Å². The van der Waals surface area contributed by atoms with Crippen LogP contribution in [-0.2, 0) is 14.3 Å². The van der Waals surface area contributed by atoms with Crippen LogP contribution < -0.4 is 22.1 Å². The Morgan fingerprint density at radius 2 is 1.46 bits per heavy atom. The lowest BCUT2D eigenvalue weighted by atomic mass is 9.77. The van der Waals surface area contributed by atoms with Crippen molar-refractivity contribution >= 4 is 17.6 Å². The first-order valence-corrected chi connectivity index (χ1v) is 16.9. The summed E-state index contributed by atoms with van der Waals surface area (Å²) in [6.07, 6.45) is 19.8. The van der Waals surface area contributed by atoms with E-state index in [2.05, 4.69) is 15.5 Å². The van der Waals surface area contributed by atoms with Gasteiger partial charge in [0.2, 0.25) is 11.8 Å². The van der Waals surface area contributed by atoms with E-state index in [1.807, 2.05) is 0 Å². The zero-order chi connectivity index (χ0) is 28.8. The standard InChI is InChI=1S/C32H56N6O3/c33-17-16-30(39)36-24-10-12-25(13-11-24)37-32(40)29-18-22-8-9-23(31(34)35)19-28(22)38(29)20-21-6-14-27(15-7-21)41-26-4-2-1-3-5-26/h21-29H,1-20,33H2,(H3,34,35)(H,36,39)(H,37,40). The van der Waals surface area contributed by atoms with Gasteiger partial charge in [0.25, 0.3) is 0 Å². The molecule has 7 N–H and O–H groups in total. The van der Waals surface area contributed by atoms with Crippen LogP contribution >= 0.6 is 0 Å². The minimum absolute atomic E-state index is 0.0302. The van der Waals surface area contributed by atoms with Crippen molar-refractivity contribution in [2.75, 3.05) is 13.1 Å². The summed E-state index contributed by atoms with van der Waals surface area (Å²) in [6.45, 7) is 1.35. The van der Waals surface area contributed by atoms with Gasteiger partial charge in [0.15, 0.2) is 0 Å². The summed E-state index contributed by atoms with van der Waals surface area (Å²) in [6, 6.07) is 0.618. The van der Waals surface area contributed by atoms with Gasteiger partial charge in [0, 0.05) is 43.6 Å². The molecule has 5 aliphatic rings. The van der Waals surface area contributed by atoms with Crippen molar-refractivity contribution < 1.29 is 14.3 Å². The van der Waals surface area contributed by atoms with Gasteiger partial charge in [-0.05, 0) is 102 Å². The third kappa shape index (κ3) is 8.23. The van der Waals surface area contributed by atoms with Crippen molar-refractivity contribution in [1.82, 2.24) is 15.5 Å². The molecule has 1 saturated heterocycles. The number of carbonyl (C=O) groups excluding carboxylic acids is 2. The number of ether oxygens (including phenoxy) is 1. The quantitative estimate of drug-likeness (QED) is 0.200. The average molecular weight is 573 g/mol. The van der Waals surface area contributed by atoms with Gasteiger partial charge >= 0.3 is 0 Å². The second kappa shape index (κ2) is 14.6. The molecule has 4 aliphatic carbocycles. The van der Waals surface area contributed by atoms with Crippen molar-refractivity contribution in [3.05, 3.63) is 0 Å². The summed E-state index contributed by atoms with van der Waals surface area (Å²) in [7, 11) is 0. The topological polar surface area (TPSA) is 147 Å². The third-order valence-corrected chi connectivity index (χ3v) is 11.1. The first kappa shape index (κ1) is 30.7. The molecule has 0 bridgehead atoms. The van der Waals surface area contributed by atoms with Gasteiger partial charge in [-0.2, -0.15) is 0 Å². The first-order valence-electron chi connectivity index (χ1n) is 16.9. The van der Waals surface area contributed by atoms with Crippen LogP contribution in [0.2, 0.25) is 0 Å². The lowest BCUT2D eigenvalue weighted by molar-refractivity contribution is -0.127. The Labute approximate surface area is 247 Å². The highest BCUT2D eigenvalue weighted by Crippen LogP contribution is 2.43. The van der Waals surface area contributed by atoms with E-state index in [1.54, 1.807) is 0 Å². The molecule has 232 valence electrons. The normalized spacial score (nSPS) is 36.8. The first-order chi connectivity index (χ1) is 19.9. The minimum Gasteiger partial charge on any atom is -0.387 e. The number of hydrogen-bond acceptors (Lipinski definition) is 6. The second-order valence-electron chi connectivity index (χ2n) is 13.9. The Morgan fingerprint density at radius 1 is 0.805 bits per heavy atom. The molecule has 4 unspecified atom stereocenters. The minimum atomic E-state index is -0.0890. The molecule has 9 nitrogen and oxygen atoms in total. The van der Waals surface area contributed by atoms with Crippen LogP contribution in [0.4, 0.5) is 0 Å². The van der Waals surface area contributed by atoms with Crippen LogP contribution in [0.3, 0.4) is 0 Å². The van der Waals surface area contributed by atoms with Gasteiger partial charge in [-0.3, -0.25) is 19.9 Å². The summed E-state index contributed by atoms with van der Waals surface area (Å²) in [5.41, 5.74) is 11.5. The van der Waals surface area contributed by atoms with E-state index in [1.165, 1.54) is 44.9 Å². The number of amides is 2. The second-order valence-corrected chi connectivity index (χ2v) is 13.9. The monoisotopic (exact) mass is 572 g/mol. The van der Waals surface area contributed by atoms with Crippen molar-refractivity contribution in [2.24, 2.45) is 29.2 Å². The summed E-state index contributed by atoms with van der Waals surface area (Å²) in [5.74, 6) is 1.78. The molecule has 0 aromatic carbocycles. The van der Waals surface area contributed by atoms with E-state index in [9.17, 15) is 9.59 Å². The predicted octanol–water partition coefficient (Wildman–Crippen LogP) is 3.58. The van der Waals surface area contributed by atoms with E-state index in [-0.39, 0.29) is 35.9 Å². The maximum atomic E-state index is 13.8. The summed E-state index contributed by atoms with van der Waals surface area (Å²) in [4.78, 5) is 28.3. The van der Waals surface area contributed by atoms with E-state index in [0.29, 0.717) is 48.9 Å². The van der Waals surface area contributed by atoms with Crippen molar-refractivity contribution in [2.45, 2.75) is 152 Å². The molecule has 4 saturated carbocycles. The molecule has 0 radical (unpaired) electrons. The van der Waals surface area contributed by atoms with Crippen molar-refractivity contribution in [1.29, 1.82) is 5.41 Å². The number of nitrogens with one attached hydrogen (secondary N) is 3. The van der Waals surface area contributed by atoms with Crippen LogP contribution in [0.15, 0.2) is 0 Å². The highest BCUT2D eigenvalue weighted by molar-refractivity contribution is 5.83. The van der Waals surface area contributed by atoms with Gasteiger partial charge in [-0.1, -0.05) is 19.3 Å². The van der Waals surface area contributed by atoms with E-state index >= 15 is 0 Å².